The molecule has 0 spiro atoms. The highest BCUT2D eigenvalue weighted by Gasteiger charge is 2.29. The Kier molecular flexibility index (Phi) is 7.49. The molecule has 0 bridgehead atoms. The van der Waals surface area contributed by atoms with E-state index in [0.29, 0.717) is 31.7 Å². The van der Waals surface area contributed by atoms with Crippen molar-refractivity contribution >= 4 is 23.4 Å². The van der Waals surface area contributed by atoms with E-state index in [0.717, 1.165) is 0 Å². The van der Waals surface area contributed by atoms with E-state index in [4.69, 9.17) is 26.8 Å². The minimum Gasteiger partial charge on any atom is -0.493 e. The van der Waals surface area contributed by atoms with Crippen LogP contribution in [0.3, 0.4) is 0 Å². The molecule has 2 amide bonds. The molecule has 1 aromatic rings. The Balaban J connectivity index is 2.12. The van der Waals surface area contributed by atoms with Gasteiger partial charge in [0.15, 0.2) is 18.1 Å². The highest BCUT2D eigenvalue weighted by molar-refractivity contribution is 6.32. The molecule has 1 atom stereocenters. The van der Waals surface area contributed by atoms with Crippen LogP contribution in [0.2, 0.25) is 5.02 Å². The Morgan fingerprint density at radius 2 is 1.93 bits per heavy atom. The van der Waals surface area contributed by atoms with E-state index in [-0.39, 0.29) is 41.0 Å². The van der Waals surface area contributed by atoms with Crippen molar-refractivity contribution in [3.05, 3.63) is 22.7 Å². The number of ether oxygens (including phenoxy) is 2. The summed E-state index contributed by atoms with van der Waals surface area (Å²) in [6.07, 6.45) is 0. The average Bonchev–Trinajstić information content (AvgIpc) is 2.66. The van der Waals surface area contributed by atoms with Gasteiger partial charge in [-0.3, -0.25) is 14.5 Å². The van der Waals surface area contributed by atoms with Crippen LogP contribution in [-0.4, -0.2) is 67.6 Å². The maximum atomic E-state index is 12.9. The molecule has 1 aliphatic rings. The number of nitriles is 1. The van der Waals surface area contributed by atoms with Crippen molar-refractivity contribution in [3.8, 4) is 17.6 Å². The second-order valence-electron chi connectivity index (χ2n) is 6.89. The minimum atomic E-state index is -0.645. The number of methoxy groups -OCH3 is 1. The Bertz CT molecular complexity index is 770. The fourth-order valence-electron chi connectivity index (χ4n) is 3.16. The Morgan fingerprint density at radius 3 is 2.43 bits per heavy atom. The monoisotopic (exact) mass is 408 g/mol. The van der Waals surface area contributed by atoms with Crippen LogP contribution in [0.4, 0.5) is 0 Å². The van der Waals surface area contributed by atoms with Crippen LogP contribution in [0.15, 0.2) is 12.1 Å². The van der Waals surface area contributed by atoms with Gasteiger partial charge in [0.1, 0.15) is 6.04 Å². The molecule has 0 saturated carbocycles. The average molecular weight is 409 g/mol. The van der Waals surface area contributed by atoms with Crippen molar-refractivity contribution in [3.63, 3.8) is 0 Å². The molecule has 28 heavy (non-hydrogen) atoms. The van der Waals surface area contributed by atoms with Crippen molar-refractivity contribution in [2.45, 2.75) is 19.9 Å². The number of hydrogen-bond donors (Lipinski definition) is 1. The summed E-state index contributed by atoms with van der Waals surface area (Å²) in [7, 11) is 1.42. The summed E-state index contributed by atoms with van der Waals surface area (Å²) in [5.41, 5.74) is 5.45. The van der Waals surface area contributed by atoms with Crippen LogP contribution in [-0.2, 0) is 4.79 Å². The molecule has 1 unspecified atom stereocenters. The van der Waals surface area contributed by atoms with Gasteiger partial charge in [-0.25, -0.2) is 0 Å². The zero-order chi connectivity index (χ0) is 20.8. The van der Waals surface area contributed by atoms with Gasteiger partial charge in [0.05, 0.1) is 18.2 Å². The zero-order valence-corrected chi connectivity index (χ0v) is 17.0. The molecule has 9 heteroatoms. The highest BCUT2D eigenvalue weighted by atomic mass is 35.5. The molecule has 1 saturated heterocycles. The number of benzene rings is 1. The number of piperazine rings is 1. The third-order valence-electron chi connectivity index (χ3n) is 4.59. The largest absolute Gasteiger partial charge is 0.493 e. The standard InChI is InChI=1S/C19H25ClN4O4/c1-12(2)15(10-21)23-4-6-24(7-5-23)19(26)13-8-14(20)18(16(9-13)27-3)28-11-17(22)25/h8-9,12,15H,4-7,11H2,1-3H3,(H2,22,25). The van der Waals surface area contributed by atoms with E-state index in [9.17, 15) is 14.9 Å². The highest BCUT2D eigenvalue weighted by Crippen LogP contribution is 2.36. The lowest BCUT2D eigenvalue weighted by atomic mass is 10.0. The van der Waals surface area contributed by atoms with E-state index in [1.165, 1.54) is 19.2 Å². The normalized spacial score (nSPS) is 15.8. The topological polar surface area (TPSA) is 109 Å². The van der Waals surface area contributed by atoms with Gasteiger partial charge in [-0.1, -0.05) is 25.4 Å². The van der Waals surface area contributed by atoms with Crippen LogP contribution < -0.4 is 15.2 Å². The predicted octanol–water partition coefficient (Wildman–Crippen LogP) is 1.52. The zero-order valence-electron chi connectivity index (χ0n) is 16.3. The fraction of sp³-hybridized carbons (Fsp3) is 0.526. The van der Waals surface area contributed by atoms with Gasteiger partial charge < -0.3 is 20.1 Å². The van der Waals surface area contributed by atoms with E-state index in [1.54, 1.807) is 4.90 Å². The number of nitrogens with zero attached hydrogens (tertiary/aromatic N) is 3. The number of carbonyl (C=O) groups excluding carboxylic acids is 2. The SMILES string of the molecule is COc1cc(C(=O)N2CCN(C(C#N)C(C)C)CC2)cc(Cl)c1OCC(N)=O. The first-order chi connectivity index (χ1) is 13.3. The first-order valence-electron chi connectivity index (χ1n) is 9.00. The molecule has 1 fully saturated rings. The second-order valence-corrected chi connectivity index (χ2v) is 7.30. The van der Waals surface area contributed by atoms with Crippen molar-refractivity contribution in [1.82, 2.24) is 9.80 Å². The molecular weight excluding hydrogens is 384 g/mol. The minimum absolute atomic E-state index is 0.159. The van der Waals surface area contributed by atoms with Crippen molar-refractivity contribution in [2.24, 2.45) is 11.7 Å². The van der Waals surface area contributed by atoms with E-state index in [1.807, 2.05) is 13.8 Å². The number of primary amides is 1. The van der Waals surface area contributed by atoms with Gasteiger partial charge in [-0.05, 0) is 18.1 Å². The lowest BCUT2D eigenvalue weighted by Crippen LogP contribution is -2.52. The van der Waals surface area contributed by atoms with E-state index < -0.39 is 5.91 Å². The molecule has 1 heterocycles. The number of nitrogens with two attached hydrogens (primary N) is 1. The molecule has 0 aromatic heterocycles. The van der Waals surface area contributed by atoms with Crippen LogP contribution in [0.5, 0.6) is 11.5 Å². The van der Waals surface area contributed by atoms with Crippen molar-refractivity contribution < 1.29 is 19.1 Å². The summed E-state index contributed by atoms with van der Waals surface area (Å²) in [5.74, 6) is -0.186. The summed E-state index contributed by atoms with van der Waals surface area (Å²) < 4.78 is 10.5. The number of carbonyl (C=O) groups is 2. The van der Waals surface area contributed by atoms with Gasteiger partial charge >= 0.3 is 0 Å². The molecule has 152 valence electrons. The van der Waals surface area contributed by atoms with Gasteiger partial charge in [0, 0.05) is 31.7 Å². The summed E-state index contributed by atoms with van der Waals surface area (Å²) in [6, 6.07) is 5.20. The number of halogens is 1. The maximum Gasteiger partial charge on any atom is 0.255 e. The molecule has 8 nitrogen and oxygen atoms in total. The molecule has 0 radical (unpaired) electrons. The molecule has 2 rings (SSSR count). The van der Waals surface area contributed by atoms with Crippen LogP contribution >= 0.6 is 11.6 Å². The third kappa shape index (κ3) is 5.06. The molecule has 1 aromatic carbocycles. The third-order valence-corrected chi connectivity index (χ3v) is 4.87. The summed E-state index contributed by atoms with van der Waals surface area (Å²) in [4.78, 5) is 27.6. The van der Waals surface area contributed by atoms with Gasteiger partial charge in [0.25, 0.3) is 11.8 Å². The lowest BCUT2D eigenvalue weighted by molar-refractivity contribution is -0.119. The summed E-state index contributed by atoms with van der Waals surface area (Å²) >= 11 is 6.23. The molecular formula is C19H25ClN4O4. The molecule has 0 aliphatic carbocycles. The Labute approximate surface area is 169 Å². The van der Waals surface area contributed by atoms with E-state index >= 15 is 0 Å². The van der Waals surface area contributed by atoms with E-state index in [2.05, 4.69) is 11.0 Å². The smallest absolute Gasteiger partial charge is 0.255 e. The predicted molar refractivity (Wildman–Crippen MR) is 104 cm³/mol. The maximum absolute atomic E-state index is 12.9. The lowest BCUT2D eigenvalue weighted by Gasteiger charge is -2.38. The first-order valence-corrected chi connectivity index (χ1v) is 9.37. The molecule has 2 N–H and O–H groups in total. The summed E-state index contributed by atoms with van der Waals surface area (Å²) in [5, 5.41) is 9.51. The fourth-order valence-corrected chi connectivity index (χ4v) is 3.43. The number of amides is 2. The second kappa shape index (κ2) is 9.62. The van der Waals surface area contributed by atoms with Crippen LogP contribution in [0.1, 0.15) is 24.2 Å². The van der Waals surface area contributed by atoms with Gasteiger partial charge in [-0.15, -0.1) is 0 Å². The summed E-state index contributed by atoms with van der Waals surface area (Å²) in [6.45, 7) is 5.98. The van der Waals surface area contributed by atoms with Crippen molar-refractivity contribution in [1.29, 1.82) is 5.26 Å². The molecule has 1 aliphatic heterocycles. The van der Waals surface area contributed by atoms with Gasteiger partial charge in [-0.2, -0.15) is 5.26 Å². The Morgan fingerprint density at radius 1 is 1.29 bits per heavy atom. The first kappa shape index (κ1) is 21.8. The quantitative estimate of drug-likeness (QED) is 0.732. The number of rotatable bonds is 7. The van der Waals surface area contributed by atoms with Crippen LogP contribution in [0.25, 0.3) is 0 Å². The van der Waals surface area contributed by atoms with Crippen LogP contribution in [0, 0.1) is 17.2 Å². The van der Waals surface area contributed by atoms with Crippen molar-refractivity contribution in [2.75, 3.05) is 39.9 Å². The Hall–Kier alpha value is -2.50. The van der Waals surface area contributed by atoms with Gasteiger partial charge in [0.2, 0.25) is 0 Å². The number of hydrogen-bond acceptors (Lipinski definition) is 6.